The summed E-state index contributed by atoms with van der Waals surface area (Å²) >= 11 is 0. The Morgan fingerprint density at radius 1 is 1.19 bits per heavy atom. The molecule has 1 aromatic rings. The molecule has 0 N–H and O–H groups in total. The molecule has 0 fully saturated rings. The Morgan fingerprint density at radius 3 is 2.38 bits per heavy atom. The summed E-state index contributed by atoms with van der Waals surface area (Å²) < 4.78 is 0. The van der Waals surface area contributed by atoms with Gasteiger partial charge in [0, 0.05) is 12.0 Å². The van der Waals surface area contributed by atoms with E-state index in [1.807, 2.05) is 12.1 Å². The standard InChI is InChI=1S/C20H26O/c1-13-10-14(2)18(15(13)3)12-19(21)16-8-7-9-17(11-16)20(4,5)6/h7-11,15H,12H2,1-6H3. The maximum absolute atomic E-state index is 12.6. The van der Waals surface area contributed by atoms with E-state index in [2.05, 4.69) is 59.8 Å². The average Bonchev–Trinajstić information content (AvgIpc) is 2.64. The van der Waals surface area contributed by atoms with Gasteiger partial charge in [-0.25, -0.2) is 0 Å². The first-order chi connectivity index (χ1) is 9.70. The number of carbonyl (C=O) groups excluding carboxylic acids is 1. The van der Waals surface area contributed by atoms with Crippen molar-refractivity contribution in [1.29, 1.82) is 0 Å². The van der Waals surface area contributed by atoms with E-state index in [9.17, 15) is 4.79 Å². The van der Waals surface area contributed by atoms with Crippen molar-refractivity contribution < 1.29 is 4.79 Å². The van der Waals surface area contributed by atoms with Crippen LogP contribution in [0.5, 0.6) is 0 Å². The average molecular weight is 282 g/mol. The van der Waals surface area contributed by atoms with Crippen LogP contribution in [0.1, 0.15) is 63.9 Å². The lowest BCUT2D eigenvalue weighted by atomic mass is 9.85. The number of carbonyl (C=O) groups is 1. The van der Waals surface area contributed by atoms with Crippen molar-refractivity contribution in [2.75, 3.05) is 0 Å². The molecule has 0 amide bonds. The fourth-order valence-electron chi connectivity index (χ4n) is 2.90. The minimum Gasteiger partial charge on any atom is -0.294 e. The summed E-state index contributed by atoms with van der Waals surface area (Å²) in [6.07, 6.45) is 2.74. The van der Waals surface area contributed by atoms with Gasteiger partial charge in [-0.15, -0.1) is 0 Å². The summed E-state index contributed by atoms with van der Waals surface area (Å²) in [4.78, 5) is 12.6. The Bertz CT molecular complexity index is 623. The number of allylic oxidation sites excluding steroid dienone is 4. The fourth-order valence-corrected chi connectivity index (χ4v) is 2.90. The number of ketones is 1. The van der Waals surface area contributed by atoms with Crippen LogP contribution in [0.2, 0.25) is 0 Å². The number of hydrogen-bond donors (Lipinski definition) is 0. The van der Waals surface area contributed by atoms with Gasteiger partial charge in [0.15, 0.2) is 5.78 Å². The third-order valence-corrected chi connectivity index (χ3v) is 4.56. The van der Waals surface area contributed by atoms with Gasteiger partial charge >= 0.3 is 0 Å². The van der Waals surface area contributed by atoms with Crippen LogP contribution in [0.15, 0.2) is 47.1 Å². The lowest BCUT2D eigenvalue weighted by molar-refractivity contribution is 0.0990. The third kappa shape index (κ3) is 3.34. The predicted octanol–water partition coefficient (Wildman–Crippen LogP) is 5.47. The van der Waals surface area contributed by atoms with Crippen LogP contribution >= 0.6 is 0 Å². The summed E-state index contributed by atoms with van der Waals surface area (Å²) in [6, 6.07) is 8.09. The van der Waals surface area contributed by atoms with Crippen LogP contribution in [0, 0.1) is 5.92 Å². The fraction of sp³-hybridized carbons (Fsp3) is 0.450. The second-order valence-electron chi connectivity index (χ2n) is 7.25. The number of hydrogen-bond acceptors (Lipinski definition) is 1. The van der Waals surface area contributed by atoms with Crippen LogP contribution in [0.25, 0.3) is 0 Å². The zero-order valence-electron chi connectivity index (χ0n) is 14.1. The smallest absolute Gasteiger partial charge is 0.166 e. The Labute approximate surface area is 128 Å². The summed E-state index contributed by atoms with van der Waals surface area (Å²) in [7, 11) is 0. The molecule has 0 aliphatic heterocycles. The summed E-state index contributed by atoms with van der Waals surface area (Å²) in [5, 5.41) is 0. The number of benzene rings is 1. The molecule has 112 valence electrons. The summed E-state index contributed by atoms with van der Waals surface area (Å²) in [5.74, 6) is 0.630. The van der Waals surface area contributed by atoms with Crippen molar-refractivity contribution in [2.45, 2.75) is 53.4 Å². The first-order valence-corrected chi connectivity index (χ1v) is 7.71. The second kappa shape index (κ2) is 5.63. The molecule has 0 bridgehead atoms. The van der Waals surface area contributed by atoms with E-state index in [0.29, 0.717) is 12.3 Å². The lowest BCUT2D eigenvalue weighted by Gasteiger charge is -2.20. The Kier molecular flexibility index (Phi) is 4.22. The topological polar surface area (TPSA) is 17.1 Å². The third-order valence-electron chi connectivity index (χ3n) is 4.56. The molecule has 1 heteroatoms. The van der Waals surface area contributed by atoms with Gasteiger partial charge in [0.25, 0.3) is 0 Å². The highest BCUT2D eigenvalue weighted by Gasteiger charge is 2.22. The molecule has 1 aromatic carbocycles. The van der Waals surface area contributed by atoms with Gasteiger partial charge in [-0.2, -0.15) is 0 Å². The molecule has 1 aliphatic carbocycles. The minimum atomic E-state index is 0.0737. The van der Waals surface area contributed by atoms with Crippen molar-refractivity contribution in [3.8, 4) is 0 Å². The van der Waals surface area contributed by atoms with Crippen LogP contribution < -0.4 is 0 Å². The monoisotopic (exact) mass is 282 g/mol. The van der Waals surface area contributed by atoms with Gasteiger partial charge in [-0.05, 0) is 36.8 Å². The number of rotatable bonds is 3. The highest BCUT2D eigenvalue weighted by atomic mass is 16.1. The molecule has 1 unspecified atom stereocenters. The summed E-state index contributed by atoms with van der Waals surface area (Å²) in [6.45, 7) is 13.0. The maximum Gasteiger partial charge on any atom is 0.166 e. The molecular weight excluding hydrogens is 256 g/mol. The highest BCUT2D eigenvalue weighted by molar-refractivity contribution is 5.98. The molecule has 0 saturated carbocycles. The summed E-state index contributed by atoms with van der Waals surface area (Å²) in [5.41, 5.74) is 6.02. The molecule has 1 aliphatic rings. The molecule has 1 nitrogen and oxygen atoms in total. The van der Waals surface area contributed by atoms with Crippen molar-refractivity contribution in [1.82, 2.24) is 0 Å². The van der Waals surface area contributed by atoms with Crippen molar-refractivity contribution in [3.63, 3.8) is 0 Å². The van der Waals surface area contributed by atoms with E-state index >= 15 is 0 Å². The van der Waals surface area contributed by atoms with E-state index in [0.717, 1.165) is 5.56 Å². The Morgan fingerprint density at radius 2 is 1.86 bits per heavy atom. The van der Waals surface area contributed by atoms with Crippen LogP contribution in [0.4, 0.5) is 0 Å². The maximum atomic E-state index is 12.6. The molecule has 0 radical (unpaired) electrons. The van der Waals surface area contributed by atoms with Crippen LogP contribution in [0.3, 0.4) is 0 Å². The van der Waals surface area contributed by atoms with Crippen LogP contribution in [-0.2, 0) is 5.41 Å². The minimum absolute atomic E-state index is 0.0737. The second-order valence-corrected chi connectivity index (χ2v) is 7.25. The SMILES string of the molecule is CC1=CC(C)=C(CC(=O)c2cccc(C(C)(C)C)c2)C1C. The van der Waals surface area contributed by atoms with Crippen molar-refractivity contribution >= 4 is 5.78 Å². The molecule has 0 aromatic heterocycles. The van der Waals surface area contributed by atoms with E-state index in [1.165, 1.54) is 22.3 Å². The zero-order chi connectivity index (χ0) is 15.8. The van der Waals surface area contributed by atoms with E-state index < -0.39 is 0 Å². The zero-order valence-corrected chi connectivity index (χ0v) is 14.1. The van der Waals surface area contributed by atoms with Gasteiger partial charge in [0.2, 0.25) is 0 Å². The first kappa shape index (κ1) is 15.8. The quantitative estimate of drug-likeness (QED) is 0.672. The molecule has 21 heavy (non-hydrogen) atoms. The first-order valence-electron chi connectivity index (χ1n) is 7.71. The van der Waals surface area contributed by atoms with Crippen molar-refractivity contribution in [2.24, 2.45) is 5.92 Å². The molecule has 0 saturated heterocycles. The Balaban J connectivity index is 2.21. The predicted molar refractivity (Wildman–Crippen MR) is 89.7 cm³/mol. The van der Waals surface area contributed by atoms with E-state index in [1.54, 1.807) is 0 Å². The van der Waals surface area contributed by atoms with Gasteiger partial charge < -0.3 is 0 Å². The Hall–Kier alpha value is -1.63. The normalized spacial score (nSPS) is 19.0. The molecule has 2 rings (SSSR count). The van der Waals surface area contributed by atoms with Crippen molar-refractivity contribution in [3.05, 3.63) is 58.2 Å². The molecular formula is C20H26O. The van der Waals surface area contributed by atoms with Gasteiger partial charge in [0.1, 0.15) is 0 Å². The highest BCUT2D eigenvalue weighted by Crippen LogP contribution is 2.34. The van der Waals surface area contributed by atoms with Gasteiger partial charge in [0.05, 0.1) is 0 Å². The molecule has 1 atom stereocenters. The van der Waals surface area contributed by atoms with Gasteiger partial charge in [-0.1, -0.05) is 68.7 Å². The largest absolute Gasteiger partial charge is 0.294 e. The number of Topliss-reactive ketones (excluding diaryl/α,β-unsaturated/α-hetero) is 1. The van der Waals surface area contributed by atoms with E-state index in [-0.39, 0.29) is 11.2 Å². The van der Waals surface area contributed by atoms with Gasteiger partial charge in [-0.3, -0.25) is 4.79 Å². The van der Waals surface area contributed by atoms with Crippen LogP contribution in [-0.4, -0.2) is 5.78 Å². The molecule has 0 spiro atoms. The van der Waals surface area contributed by atoms with E-state index in [4.69, 9.17) is 0 Å². The lowest BCUT2D eigenvalue weighted by Crippen LogP contribution is -2.13. The molecule has 0 heterocycles.